The van der Waals surface area contributed by atoms with Gasteiger partial charge in [0.05, 0.1) is 0 Å². The maximum Gasteiger partial charge on any atom is 0.232 e. The number of piperidine rings is 1. The molecule has 0 spiro atoms. The third kappa shape index (κ3) is 3.81. The summed E-state index contributed by atoms with van der Waals surface area (Å²) in [6.07, 6.45) is 5.35. The number of amides is 2. The number of nitrogens with zero attached hydrogens (tertiary/aromatic N) is 1. The van der Waals surface area contributed by atoms with Crippen LogP contribution in [0.25, 0.3) is 0 Å². The minimum absolute atomic E-state index is 0.00610. The molecular formula is C18H23NO2. The van der Waals surface area contributed by atoms with E-state index in [1.807, 2.05) is 25.1 Å². The van der Waals surface area contributed by atoms with Crippen molar-refractivity contribution in [3.63, 3.8) is 0 Å². The van der Waals surface area contributed by atoms with E-state index < -0.39 is 0 Å². The molecule has 0 aliphatic carbocycles. The summed E-state index contributed by atoms with van der Waals surface area (Å²) in [6, 6.07) is 10.1. The standard InChI is InChI=1S/C18H23NO2/c1-3-8-14(2)18(21)19-16(11-7-12-17(19)20)13-15-9-5-4-6-10-15/h3-6,9-10,14,16H,1,7-8,11-13H2,2H3/t14-,16-/m0/s1. The van der Waals surface area contributed by atoms with Crippen LogP contribution >= 0.6 is 0 Å². The number of rotatable bonds is 5. The van der Waals surface area contributed by atoms with Crippen LogP contribution in [0.3, 0.4) is 0 Å². The van der Waals surface area contributed by atoms with Crippen molar-refractivity contribution in [1.82, 2.24) is 4.90 Å². The Bertz CT molecular complexity index is 509. The number of carbonyl (C=O) groups is 2. The summed E-state index contributed by atoms with van der Waals surface area (Å²) in [5.41, 5.74) is 1.17. The van der Waals surface area contributed by atoms with Gasteiger partial charge >= 0.3 is 0 Å². The maximum absolute atomic E-state index is 12.6. The van der Waals surface area contributed by atoms with Crippen molar-refractivity contribution in [3.05, 3.63) is 48.6 Å². The first kappa shape index (κ1) is 15.5. The van der Waals surface area contributed by atoms with Crippen LogP contribution in [0.1, 0.15) is 38.2 Å². The molecule has 0 radical (unpaired) electrons. The van der Waals surface area contributed by atoms with Gasteiger partial charge < -0.3 is 0 Å². The quantitative estimate of drug-likeness (QED) is 0.778. The normalized spacial score (nSPS) is 20.1. The molecule has 0 unspecified atom stereocenters. The Kier molecular flexibility index (Phi) is 5.32. The smallest absolute Gasteiger partial charge is 0.232 e. The van der Waals surface area contributed by atoms with Crippen LogP contribution in [0.2, 0.25) is 0 Å². The average molecular weight is 285 g/mol. The van der Waals surface area contributed by atoms with Gasteiger partial charge in [-0.1, -0.05) is 43.3 Å². The zero-order valence-electron chi connectivity index (χ0n) is 12.6. The van der Waals surface area contributed by atoms with E-state index in [0.717, 1.165) is 19.3 Å². The van der Waals surface area contributed by atoms with Gasteiger partial charge in [-0.3, -0.25) is 14.5 Å². The summed E-state index contributed by atoms with van der Waals surface area (Å²) in [7, 11) is 0. The number of allylic oxidation sites excluding steroid dienone is 1. The zero-order valence-corrected chi connectivity index (χ0v) is 12.6. The van der Waals surface area contributed by atoms with Crippen molar-refractivity contribution in [3.8, 4) is 0 Å². The molecule has 0 N–H and O–H groups in total. The maximum atomic E-state index is 12.6. The summed E-state index contributed by atoms with van der Waals surface area (Å²) in [5, 5.41) is 0. The van der Waals surface area contributed by atoms with Gasteiger partial charge in [-0.15, -0.1) is 6.58 Å². The summed E-state index contributed by atoms with van der Waals surface area (Å²) in [4.78, 5) is 26.3. The molecule has 2 atom stereocenters. The molecular weight excluding hydrogens is 262 g/mol. The van der Waals surface area contributed by atoms with Gasteiger partial charge in [0.25, 0.3) is 0 Å². The highest BCUT2D eigenvalue weighted by Gasteiger charge is 2.34. The molecule has 1 aromatic carbocycles. The van der Waals surface area contributed by atoms with Gasteiger partial charge in [-0.05, 0) is 31.2 Å². The summed E-state index contributed by atoms with van der Waals surface area (Å²) < 4.78 is 0. The van der Waals surface area contributed by atoms with Crippen LogP contribution in [-0.2, 0) is 16.0 Å². The zero-order chi connectivity index (χ0) is 15.2. The average Bonchev–Trinajstić information content (AvgIpc) is 2.48. The second-order valence-electron chi connectivity index (χ2n) is 5.76. The molecule has 1 aliphatic rings. The van der Waals surface area contributed by atoms with E-state index in [-0.39, 0.29) is 23.8 Å². The molecule has 0 bridgehead atoms. The van der Waals surface area contributed by atoms with E-state index in [1.165, 1.54) is 10.5 Å². The highest BCUT2D eigenvalue weighted by Crippen LogP contribution is 2.24. The second kappa shape index (κ2) is 7.21. The number of imide groups is 1. The van der Waals surface area contributed by atoms with E-state index in [1.54, 1.807) is 6.08 Å². The molecule has 1 aliphatic heterocycles. The lowest BCUT2D eigenvalue weighted by Crippen LogP contribution is -2.50. The number of benzene rings is 1. The Labute approximate surface area is 126 Å². The van der Waals surface area contributed by atoms with Crippen molar-refractivity contribution in [2.45, 2.75) is 45.1 Å². The van der Waals surface area contributed by atoms with E-state index in [2.05, 4.69) is 18.7 Å². The molecule has 21 heavy (non-hydrogen) atoms. The molecule has 2 rings (SSSR count). The highest BCUT2D eigenvalue weighted by molar-refractivity contribution is 5.97. The van der Waals surface area contributed by atoms with E-state index in [0.29, 0.717) is 12.8 Å². The van der Waals surface area contributed by atoms with Crippen LogP contribution in [0, 0.1) is 5.92 Å². The Balaban J connectivity index is 2.15. The molecule has 0 saturated carbocycles. The fourth-order valence-electron chi connectivity index (χ4n) is 2.91. The molecule has 3 nitrogen and oxygen atoms in total. The van der Waals surface area contributed by atoms with Gasteiger partial charge in [0.1, 0.15) is 0 Å². The fourth-order valence-corrected chi connectivity index (χ4v) is 2.91. The van der Waals surface area contributed by atoms with E-state index >= 15 is 0 Å². The first-order chi connectivity index (χ1) is 10.1. The van der Waals surface area contributed by atoms with Crippen molar-refractivity contribution in [1.29, 1.82) is 0 Å². The summed E-state index contributed by atoms with van der Waals surface area (Å²) >= 11 is 0. The largest absolute Gasteiger partial charge is 0.279 e. The minimum Gasteiger partial charge on any atom is -0.279 e. The molecule has 1 fully saturated rings. The number of likely N-dealkylation sites (tertiary alicyclic amines) is 1. The number of hydrogen-bond acceptors (Lipinski definition) is 2. The number of hydrogen-bond donors (Lipinski definition) is 0. The Morgan fingerprint density at radius 3 is 2.81 bits per heavy atom. The topological polar surface area (TPSA) is 37.4 Å². The third-order valence-corrected chi connectivity index (χ3v) is 4.06. The van der Waals surface area contributed by atoms with Gasteiger partial charge in [0.15, 0.2) is 0 Å². The summed E-state index contributed by atoms with van der Waals surface area (Å²) in [6.45, 7) is 5.54. The molecule has 2 amide bonds. The first-order valence-corrected chi connectivity index (χ1v) is 7.64. The van der Waals surface area contributed by atoms with E-state index in [4.69, 9.17) is 0 Å². The molecule has 1 aromatic rings. The summed E-state index contributed by atoms with van der Waals surface area (Å²) in [5.74, 6) is -0.258. The van der Waals surface area contributed by atoms with Gasteiger partial charge in [0.2, 0.25) is 11.8 Å². The lowest BCUT2D eigenvalue weighted by Gasteiger charge is -2.35. The van der Waals surface area contributed by atoms with Crippen LogP contribution in [0.15, 0.2) is 43.0 Å². The van der Waals surface area contributed by atoms with Crippen LogP contribution in [-0.4, -0.2) is 22.8 Å². The van der Waals surface area contributed by atoms with Crippen LogP contribution in [0.4, 0.5) is 0 Å². The molecule has 112 valence electrons. The Morgan fingerprint density at radius 2 is 2.14 bits per heavy atom. The third-order valence-electron chi connectivity index (χ3n) is 4.06. The number of carbonyl (C=O) groups excluding carboxylic acids is 2. The van der Waals surface area contributed by atoms with Crippen molar-refractivity contribution < 1.29 is 9.59 Å². The second-order valence-corrected chi connectivity index (χ2v) is 5.76. The van der Waals surface area contributed by atoms with Crippen LogP contribution in [0.5, 0.6) is 0 Å². The van der Waals surface area contributed by atoms with Gasteiger partial charge in [-0.2, -0.15) is 0 Å². The SMILES string of the molecule is C=CC[C@H](C)C(=O)N1C(=O)CCC[C@H]1Cc1ccccc1. The minimum atomic E-state index is -0.178. The van der Waals surface area contributed by atoms with Crippen molar-refractivity contribution in [2.24, 2.45) is 5.92 Å². The lowest BCUT2D eigenvalue weighted by molar-refractivity contribution is -0.152. The molecule has 3 heteroatoms. The predicted octanol–water partition coefficient (Wildman–Crippen LogP) is 3.35. The molecule has 1 saturated heterocycles. The van der Waals surface area contributed by atoms with E-state index in [9.17, 15) is 9.59 Å². The van der Waals surface area contributed by atoms with Crippen molar-refractivity contribution >= 4 is 11.8 Å². The van der Waals surface area contributed by atoms with Crippen LogP contribution < -0.4 is 0 Å². The Morgan fingerprint density at radius 1 is 1.43 bits per heavy atom. The van der Waals surface area contributed by atoms with Gasteiger partial charge in [0, 0.05) is 18.4 Å². The first-order valence-electron chi connectivity index (χ1n) is 7.64. The van der Waals surface area contributed by atoms with Gasteiger partial charge in [-0.25, -0.2) is 0 Å². The van der Waals surface area contributed by atoms with Crippen molar-refractivity contribution in [2.75, 3.05) is 0 Å². The molecule has 0 aromatic heterocycles. The predicted molar refractivity (Wildman–Crippen MR) is 83.6 cm³/mol. The molecule has 1 heterocycles. The fraction of sp³-hybridized carbons (Fsp3) is 0.444. The highest BCUT2D eigenvalue weighted by atomic mass is 16.2. The monoisotopic (exact) mass is 285 g/mol. The Hall–Kier alpha value is -1.90. The lowest BCUT2D eigenvalue weighted by atomic mass is 9.93.